The number of imidazole rings is 2. The second-order valence-electron chi connectivity index (χ2n) is 8.46. The Bertz CT molecular complexity index is 1830. The highest BCUT2D eigenvalue weighted by Crippen LogP contribution is 2.36. The van der Waals surface area contributed by atoms with E-state index in [2.05, 4.69) is 102 Å². The summed E-state index contributed by atoms with van der Waals surface area (Å²) in [6.07, 6.45) is 0. The summed E-state index contributed by atoms with van der Waals surface area (Å²) in [5.41, 5.74) is 11.0. The number of fused-ring (bicyclic) bond motifs is 7. The van der Waals surface area contributed by atoms with Crippen molar-refractivity contribution in [1.29, 1.82) is 0 Å². The second kappa shape index (κ2) is 6.17. The average molecular weight is 412 g/mol. The van der Waals surface area contributed by atoms with Gasteiger partial charge in [0.15, 0.2) is 0 Å². The minimum absolute atomic E-state index is 0.963. The number of aromatic nitrogens is 4. The molecule has 0 aliphatic rings. The summed E-state index contributed by atoms with van der Waals surface area (Å²) >= 11 is 0. The normalized spacial score (nSPS) is 12.1. The zero-order valence-corrected chi connectivity index (χ0v) is 17.9. The smallest absolute Gasteiger partial charge is 0.147 e. The molecule has 7 aromatic rings. The number of hydrogen-bond acceptors (Lipinski definition) is 2. The Morgan fingerprint density at radius 3 is 2.06 bits per heavy atom. The molecule has 0 aliphatic heterocycles. The molecule has 0 radical (unpaired) electrons. The molecular formula is C28H20N4. The minimum atomic E-state index is 0.963. The van der Waals surface area contributed by atoms with E-state index in [-0.39, 0.29) is 0 Å². The Kier molecular flexibility index (Phi) is 3.37. The number of nitrogens with zero attached hydrogens (tertiary/aromatic N) is 4. The van der Waals surface area contributed by atoms with E-state index in [1.165, 1.54) is 16.7 Å². The van der Waals surface area contributed by atoms with Gasteiger partial charge in [-0.2, -0.15) is 0 Å². The van der Waals surface area contributed by atoms with Gasteiger partial charge >= 0.3 is 0 Å². The zero-order valence-electron chi connectivity index (χ0n) is 17.9. The fraction of sp³-hybridized carbons (Fsp3) is 0.0714. The van der Waals surface area contributed by atoms with Gasteiger partial charge in [-0.1, -0.05) is 48.5 Å². The molecule has 0 amide bonds. The molecule has 0 fully saturated rings. The van der Waals surface area contributed by atoms with Gasteiger partial charge in [0.25, 0.3) is 0 Å². The molecule has 0 bridgehead atoms. The standard InChI is InChI=1S/C28H20N4/c1-17-9-7-10-18(2)25(17)28-30-21-13-8-16-24-26(21)32(28)22-14-5-3-11-19(22)27-29-20-12-4-6-15-23(20)31(24)27/h3-16H,1-2H3. The highest BCUT2D eigenvalue weighted by molar-refractivity contribution is 6.06. The Morgan fingerprint density at radius 2 is 1.22 bits per heavy atom. The van der Waals surface area contributed by atoms with Crippen molar-refractivity contribution in [3.05, 3.63) is 96.1 Å². The van der Waals surface area contributed by atoms with Gasteiger partial charge in [0, 0.05) is 10.9 Å². The number of benzene rings is 4. The molecule has 7 rings (SSSR count). The third-order valence-corrected chi connectivity index (χ3v) is 6.55. The summed E-state index contributed by atoms with van der Waals surface area (Å²) in [7, 11) is 0. The van der Waals surface area contributed by atoms with Crippen molar-refractivity contribution < 1.29 is 0 Å². The van der Waals surface area contributed by atoms with Crippen LogP contribution in [-0.2, 0) is 0 Å². The van der Waals surface area contributed by atoms with Crippen molar-refractivity contribution in [3.8, 4) is 11.4 Å². The summed E-state index contributed by atoms with van der Waals surface area (Å²) in [4.78, 5) is 10.3. The molecule has 0 N–H and O–H groups in total. The topological polar surface area (TPSA) is 34.6 Å². The van der Waals surface area contributed by atoms with Crippen LogP contribution in [0.15, 0.2) is 84.9 Å². The Morgan fingerprint density at radius 1 is 0.562 bits per heavy atom. The minimum Gasteiger partial charge on any atom is -0.290 e. The van der Waals surface area contributed by atoms with Crippen LogP contribution in [0, 0.1) is 13.8 Å². The lowest BCUT2D eigenvalue weighted by Gasteiger charge is -2.09. The van der Waals surface area contributed by atoms with Crippen LogP contribution in [0.5, 0.6) is 0 Å². The van der Waals surface area contributed by atoms with E-state index in [0.717, 1.165) is 50.0 Å². The van der Waals surface area contributed by atoms with Crippen molar-refractivity contribution >= 4 is 44.1 Å². The van der Waals surface area contributed by atoms with E-state index >= 15 is 0 Å². The van der Waals surface area contributed by atoms with Crippen molar-refractivity contribution in [3.63, 3.8) is 0 Å². The third-order valence-electron chi connectivity index (χ3n) is 6.55. The van der Waals surface area contributed by atoms with E-state index in [4.69, 9.17) is 9.97 Å². The molecular weight excluding hydrogens is 392 g/mol. The van der Waals surface area contributed by atoms with Crippen LogP contribution in [0.4, 0.5) is 0 Å². The molecule has 3 heterocycles. The molecule has 0 atom stereocenters. The molecule has 4 aromatic carbocycles. The van der Waals surface area contributed by atoms with Crippen molar-refractivity contribution in [2.45, 2.75) is 13.8 Å². The molecule has 0 saturated carbocycles. The first-order valence-electron chi connectivity index (χ1n) is 10.9. The van der Waals surface area contributed by atoms with Gasteiger partial charge < -0.3 is 0 Å². The molecule has 0 saturated heterocycles. The zero-order chi connectivity index (χ0) is 21.4. The monoisotopic (exact) mass is 412 g/mol. The van der Waals surface area contributed by atoms with Gasteiger partial charge in [-0.25, -0.2) is 9.97 Å². The number of para-hydroxylation sites is 4. The highest BCUT2D eigenvalue weighted by atomic mass is 15.1. The van der Waals surface area contributed by atoms with Crippen molar-refractivity contribution in [2.75, 3.05) is 0 Å². The Balaban J connectivity index is 1.87. The fourth-order valence-corrected chi connectivity index (χ4v) is 5.17. The average Bonchev–Trinajstić information content (AvgIpc) is 3.34. The van der Waals surface area contributed by atoms with E-state index < -0.39 is 0 Å². The Hall–Kier alpha value is -4.18. The van der Waals surface area contributed by atoms with E-state index in [1.54, 1.807) is 0 Å². The summed E-state index contributed by atoms with van der Waals surface area (Å²) in [6.45, 7) is 4.33. The molecule has 3 aromatic heterocycles. The SMILES string of the molecule is Cc1cccc(C)c1-c1nc2cccc3c2n1c1ccccc1c1nc2ccccc2n31. The third kappa shape index (κ3) is 2.16. The largest absolute Gasteiger partial charge is 0.290 e. The lowest BCUT2D eigenvalue weighted by molar-refractivity contribution is 1.20. The summed E-state index contributed by atoms with van der Waals surface area (Å²) in [6, 6.07) is 29.7. The lowest BCUT2D eigenvalue weighted by Crippen LogP contribution is -1.95. The molecule has 4 nitrogen and oxygen atoms in total. The highest BCUT2D eigenvalue weighted by Gasteiger charge is 2.20. The van der Waals surface area contributed by atoms with E-state index in [0.29, 0.717) is 0 Å². The number of rotatable bonds is 1. The first-order chi connectivity index (χ1) is 15.7. The van der Waals surface area contributed by atoms with Gasteiger partial charge in [0.2, 0.25) is 0 Å². The van der Waals surface area contributed by atoms with Crippen molar-refractivity contribution in [1.82, 2.24) is 18.8 Å². The second-order valence-corrected chi connectivity index (χ2v) is 8.46. The first kappa shape index (κ1) is 17.5. The van der Waals surface area contributed by atoms with Gasteiger partial charge in [0.1, 0.15) is 11.5 Å². The van der Waals surface area contributed by atoms with Gasteiger partial charge in [-0.3, -0.25) is 8.80 Å². The van der Waals surface area contributed by atoms with Crippen LogP contribution in [-0.4, -0.2) is 18.8 Å². The molecule has 152 valence electrons. The van der Waals surface area contributed by atoms with Crippen LogP contribution in [0.1, 0.15) is 11.1 Å². The van der Waals surface area contributed by atoms with Gasteiger partial charge in [-0.05, 0) is 61.4 Å². The number of hydrogen-bond donors (Lipinski definition) is 0. The molecule has 0 unspecified atom stereocenters. The van der Waals surface area contributed by atoms with Crippen molar-refractivity contribution in [2.24, 2.45) is 0 Å². The predicted molar refractivity (Wildman–Crippen MR) is 131 cm³/mol. The van der Waals surface area contributed by atoms with Crippen LogP contribution < -0.4 is 0 Å². The quantitative estimate of drug-likeness (QED) is 0.300. The molecule has 4 heteroatoms. The van der Waals surface area contributed by atoms with Gasteiger partial charge in [-0.15, -0.1) is 0 Å². The maximum atomic E-state index is 5.18. The van der Waals surface area contributed by atoms with Crippen LogP contribution in [0.2, 0.25) is 0 Å². The van der Waals surface area contributed by atoms with Gasteiger partial charge in [0.05, 0.1) is 33.1 Å². The maximum Gasteiger partial charge on any atom is 0.147 e. The fourth-order valence-electron chi connectivity index (χ4n) is 5.17. The maximum absolute atomic E-state index is 5.18. The van der Waals surface area contributed by atoms with Crippen LogP contribution in [0.25, 0.3) is 55.5 Å². The summed E-state index contributed by atoms with van der Waals surface area (Å²) in [5, 5.41) is 1.10. The first-order valence-corrected chi connectivity index (χ1v) is 10.9. The molecule has 0 aliphatic carbocycles. The molecule has 32 heavy (non-hydrogen) atoms. The summed E-state index contributed by atoms with van der Waals surface area (Å²) in [5.74, 6) is 0.977. The predicted octanol–water partition coefficient (Wildman–Crippen LogP) is 6.73. The van der Waals surface area contributed by atoms with Crippen LogP contribution in [0.3, 0.4) is 0 Å². The summed E-state index contributed by atoms with van der Waals surface area (Å²) < 4.78 is 4.62. The molecule has 0 spiro atoms. The van der Waals surface area contributed by atoms with E-state index in [1.807, 2.05) is 6.07 Å². The van der Waals surface area contributed by atoms with Crippen LogP contribution >= 0.6 is 0 Å². The Labute approximate surface area is 184 Å². The van der Waals surface area contributed by atoms with E-state index in [9.17, 15) is 0 Å². The lowest BCUT2D eigenvalue weighted by atomic mass is 10.0. The number of aryl methyl sites for hydroxylation is 2.